The minimum absolute atomic E-state index is 0.959. The third kappa shape index (κ3) is 4.22. The van der Waals surface area contributed by atoms with E-state index in [1.165, 1.54) is 49.2 Å². The minimum atomic E-state index is 0.959. The maximum absolute atomic E-state index is 3.58. The lowest BCUT2D eigenvalue weighted by Gasteiger charge is -2.32. The summed E-state index contributed by atoms with van der Waals surface area (Å²) in [5.74, 6) is 2.96. The zero-order valence-corrected chi connectivity index (χ0v) is 12.3. The van der Waals surface area contributed by atoms with E-state index in [2.05, 4.69) is 38.8 Å². The van der Waals surface area contributed by atoms with Crippen LogP contribution >= 0.6 is 31.9 Å². The fourth-order valence-corrected chi connectivity index (χ4v) is 3.83. The molecule has 1 saturated carbocycles. The molecule has 0 heterocycles. The topological polar surface area (TPSA) is 0 Å². The predicted molar refractivity (Wildman–Crippen MR) is 71.4 cm³/mol. The summed E-state index contributed by atoms with van der Waals surface area (Å²) >= 11 is 7.17. The van der Waals surface area contributed by atoms with Gasteiger partial charge in [-0.25, -0.2) is 0 Å². The van der Waals surface area contributed by atoms with E-state index in [0.717, 1.165) is 17.8 Å². The Morgan fingerprint density at radius 2 is 1.50 bits per heavy atom. The second-order valence-electron chi connectivity index (χ2n) is 4.74. The average molecular weight is 326 g/mol. The highest BCUT2D eigenvalue weighted by Gasteiger charge is 2.24. The molecule has 14 heavy (non-hydrogen) atoms. The molecule has 0 aliphatic heterocycles. The van der Waals surface area contributed by atoms with Gasteiger partial charge in [0.1, 0.15) is 0 Å². The normalized spacial score (nSPS) is 28.3. The van der Waals surface area contributed by atoms with Crippen molar-refractivity contribution in [3.8, 4) is 0 Å². The number of alkyl halides is 2. The lowest BCUT2D eigenvalue weighted by Crippen LogP contribution is -2.21. The Morgan fingerprint density at radius 3 is 1.93 bits per heavy atom. The smallest absolute Gasteiger partial charge is 0.00340 e. The van der Waals surface area contributed by atoms with Crippen LogP contribution in [-0.4, -0.2) is 10.7 Å². The Morgan fingerprint density at radius 1 is 1.00 bits per heavy atom. The van der Waals surface area contributed by atoms with Crippen molar-refractivity contribution in [1.82, 2.24) is 0 Å². The van der Waals surface area contributed by atoms with Crippen LogP contribution in [0.2, 0.25) is 0 Å². The third-order valence-corrected chi connectivity index (χ3v) is 4.60. The summed E-state index contributed by atoms with van der Waals surface area (Å²) in [6.45, 7) is 2.40. The molecule has 0 nitrogen and oxygen atoms in total. The summed E-state index contributed by atoms with van der Waals surface area (Å²) in [4.78, 5) is 0. The molecule has 0 amide bonds. The van der Waals surface area contributed by atoms with Gasteiger partial charge in [0, 0.05) is 10.7 Å². The largest absolute Gasteiger partial charge is 0.0928 e. The van der Waals surface area contributed by atoms with Crippen LogP contribution in [-0.2, 0) is 0 Å². The molecule has 84 valence electrons. The van der Waals surface area contributed by atoms with Crippen molar-refractivity contribution in [3.05, 3.63) is 0 Å². The molecule has 0 radical (unpaired) electrons. The molecule has 0 bridgehead atoms. The molecule has 0 aromatic heterocycles. The summed E-state index contributed by atoms with van der Waals surface area (Å²) in [5, 5.41) is 2.35. The Kier molecular flexibility index (Phi) is 6.76. The van der Waals surface area contributed by atoms with Gasteiger partial charge in [-0.3, -0.25) is 0 Å². The lowest BCUT2D eigenvalue weighted by molar-refractivity contribution is 0.205. The van der Waals surface area contributed by atoms with Gasteiger partial charge in [-0.05, 0) is 43.4 Å². The summed E-state index contributed by atoms with van der Waals surface area (Å²) in [5.41, 5.74) is 0. The fourth-order valence-electron chi connectivity index (χ4n) is 2.65. The van der Waals surface area contributed by atoms with Crippen molar-refractivity contribution < 1.29 is 0 Å². The van der Waals surface area contributed by atoms with Gasteiger partial charge in [-0.2, -0.15) is 0 Å². The molecule has 2 heteroatoms. The van der Waals surface area contributed by atoms with Gasteiger partial charge in [-0.1, -0.05) is 51.6 Å². The number of rotatable bonds is 5. The molecule has 0 aromatic rings. The molecule has 0 spiro atoms. The van der Waals surface area contributed by atoms with E-state index in [1.54, 1.807) is 0 Å². The van der Waals surface area contributed by atoms with E-state index >= 15 is 0 Å². The monoisotopic (exact) mass is 324 g/mol. The Balaban J connectivity index is 2.34. The molecule has 1 rings (SSSR count). The van der Waals surface area contributed by atoms with E-state index in [1.807, 2.05) is 0 Å². The van der Waals surface area contributed by atoms with E-state index < -0.39 is 0 Å². The van der Waals surface area contributed by atoms with Gasteiger partial charge in [-0.15, -0.1) is 0 Å². The Hall–Kier alpha value is 0.960. The zero-order chi connectivity index (χ0) is 10.4. The first-order chi connectivity index (χ1) is 6.77. The SMILES string of the molecule is CC1CCC(C(CCBr)CCBr)CC1. The molecule has 0 unspecified atom stereocenters. The molecule has 0 saturated heterocycles. The molecule has 1 aliphatic rings. The second kappa shape index (κ2) is 7.27. The van der Waals surface area contributed by atoms with Crippen LogP contribution in [0.1, 0.15) is 45.4 Å². The Labute approximate surface area is 105 Å². The molecule has 0 aromatic carbocycles. The summed E-state index contributed by atoms with van der Waals surface area (Å²) in [7, 11) is 0. The van der Waals surface area contributed by atoms with Gasteiger partial charge >= 0.3 is 0 Å². The predicted octanol–water partition coefficient (Wildman–Crippen LogP) is 5.00. The first-order valence-electron chi connectivity index (χ1n) is 5.89. The van der Waals surface area contributed by atoms with E-state index in [9.17, 15) is 0 Å². The maximum Gasteiger partial charge on any atom is 0.00340 e. The second-order valence-corrected chi connectivity index (χ2v) is 6.32. The molecule has 1 fully saturated rings. The molecular weight excluding hydrogens is 304 g/mol. The lowest BCUT2D eigenvalue weighted by atomic mass is 9.74. The van der Waals surface area contributed by atoms with Crippen molar-refractivity contribution in [2.75, 3.05) is 10.7 Å². The van der Waals surface area contributed by atoms with E-state index in [4.69, 9.17) is 0 Å². The van der Waals surface area contributed by atoms with Gasteiger partial charge in [0.2, 0.25) is 0 Å². The van der Waals surface area contributed by atoms with Crippen molar-refractivity contribution in [1.29, 1.82) is 0 Å². The number of hydrogen-bond acceptors (Lipinski definition) is 0. The number of halogens is 2. The highest BCUT2D eigenvalue weighted by molar-refractivity contribution is 9.09. The van der Waals surface area contributed by atoms with Crippen LogP contribution < -0.4 is 0 Å². The summed E-state index contributed by atoms with van der Waals surface area (Å²) < 4.78 is 0. The minimum Gasteiger partial charge on any atom is -0.0928 e. The van der Waals surface area contributed by atoms with Gasteiger partial charge in [0.15, 0.2) is 0 Å². The van der Waals surface area contributed by atoms with Crippen LogP contribution in [0.15, 0.2) is 0 Å². The summed E-state index contributed by atoms with van der Waals surface area (Å²) in [6, 6.07) is 0. The summed E-state index contributed by atoms with van der Waals surface area (Å²) in [6.07, 6.45) is 8.62. The van der Waals surface area contributed by atoms with E-state index in [-0.39, 0.29) is 0 Å². The molecule has 0 atom stereocenters. The molecular formula is C12H22Br2. The standard InChI is InChI=1S/C12H22Br2/c1-10-2-4-11(5-3-10)12(6-8-13)7-9-14/h10-12H,2-9H2,1H3. The quantitative estimate of drug-likeness (QED) is 0.624. The van der Waals surface area contributed by atoms with Crippen molar-refractivity contribution in [2.24, 2.45) is 17.8 Å². The third-order valence-electron chi connectivity index (χ3n) is 3.69. The van der Waals surface area contributed by atoms with E-state index in [0.29, 0.717) is 0 Å². The van der Waals surface area contributed by atoms with Gasteiger partial charge < -0.3 is 0 Å². The van der Waals surface area contributed by atoms with Crippen LogP contribution in [0.3, 0.4) is 0 Å². The maximum atomic E-state index is 3.58. The highest BCUT2D eigenvalue weighted by atomic mass is 79.9. The van der Waals surface area contributed by atoms with Crippen LogP contribution in [0, 0.1) is 17.8 Å². The van der Waals surface area contributed by atoms with Crippen molar-refractivity contribution in [2.45, 2.75) is 45.4 Å². The van der Waals surface area contributed by atoms with Crippen molar-refractivity contribution in [3.63, 3.8) is 0 Å². The Bertz CT molecular complexity index is 133. The van der Waals surface area contributed by atoms with Gasteiger partial charge in [0.05, 0.1) is 0 Å². The van der Waals surface area contributed by atoms with Crippen LogP contribution in [0.25, 0.3) is 0 Å². The average Bonchev–Trinajstić information content (AvgIpc) is 2.19. The van der Waals surface area contributed by atoms with Crippen LogP contribution in [0.5, 0.6) is 0 Å². The molecule has 0 N–H and O–H groups in total. The number of hydrogen-bond donors (Lipinski definition) is 0. The molecule has 1 aliphatic carbocycles. The van der Waals surface area contributed by atoms with Gasteiger partial charge in [0.25, 0.3) is 0 Å². The first kappa shape index (κ1) is 13.0. The fraction of sp³-hybridized carbons (Fsp3) is 1.00. The zero-order valence-electron chi connectivity index (χ0n) is 9.14. The van der Waals surface area contributed by atoms with Crippen molar-refractivity contribution >= 4 is 31.9 Å². The highest BCUT2D eigenvalue weighted by Crippen LogP contribution is 2.36. The van der Waals surface area contributed by atoms with Crippen LogP contribution in [0.4, 0.5) is 0 Å². The first-order valence-corrected chi connectivity index (χ1v) is 8.14.